The number of carbonyl (C=O) groups is 1. The highest BCUT2D eigenvalue weighted by molar-refractivity contribution is 6.06. The first-order chi connectivity index (χ1) is 9.54. The quantitative estimate of drug-likeness (QED) is 0.389. The van der Waals surface area contributed by atoms with Gasteiger partial charge < -0.3 is 5.73 Å². The maximum atomic E-state index is 12.1. The van der Waals surface area contributed by atoms with E-state index in [1.54, 1.807) is 18.2 Å². The summed E-state index contributed by atoms with van der Waals surface area (Å²) in [6.45, 7) is 2.01. The summed E-state index contributed by atoms with van der Waals surface area (Å²) in [5.74, 6) is -0.0160. The van der Waals surface area contributed by atoms with Gasteiger partial charge in [0.15, 0.2) is 5.78 Å². The molecule has 0 saturated carbocycles. The number of nitrogens with zero attached hydrogens (tertiary/aromatic N) is 1. The Hall–Kier alpha value is -2.43. The number of hydrogen-bond acceptors (Lipinski definition) is 4. The van der Waals surface area contributed by atoms with Crippen LogP contribution in [0.25, 0.3) is 10.8 Å². The monoisotopic (exact) mass is 272 g/mol. The molecule has 20 heavy (non-hydrogen) atoms. The van der Waals surface area contributed by atoms with Crippen LogP contribution in [0.5, 0.6) is 0 Å². The Bertz CT molecular complexity index is 680. The van der Waals surface area contributed by atoms with Gasteiger partial charge in [-0.05, 0) is 23.9 Å². The van der Waals surface area contributed by atoms with E-state index in [0.717, 1.165) is 12.8 Å². The minimum absolute atomic E-state index is 0.00163. The summed E-state index contributed by atoms with van der Waals surface area (Å²) in [6, 6.07) is 7.96. The number of carbonyl (C=O) groups excluding carboxylic acids is 1. The Kier molecular flexibility index (Phi) is 3.98. The number of benzene rings is 2. The third kappa shape index (κ3) is 2.61. The lowest BCUT2D eigenvalue weighted by atomic mass is 9.99. The van der Waals surface area contributed by atoms with Crippen molar-refractivity contribution in [3.05, 3.63) is 46.0 Å². The van der Waals surface area contributed by atoms with Crippen molar-refractivity contribution in [2.75, 3.05) is 5.73 Å². The normalized spacial score (nSPS) is 10.7. The molecule has 0 bridgehead atoms. The summed E-state index contributed by atoms with van der Waals surface area (Å²) in [6.07, 6.45) is 2.19. The highest BCUT2D eigenvalue weighted by atomic mass is 16.6. The Balaban J connectivity index is 2.53. The molecule has 0 aliphatic carbocycles. The molecular formula is C15H16N2O3. The number of ketones is 1. The number of unbranched alkanes of at least 4 members (excludes halogenated alkanes) is 1. The molecule has 0 spiro atoms. The number of nitro groups is 1. The molecule has 0 unspecified atom stereocenters. The van der Waals surface area contributed by atoms with E-state index in [4.69, 9.17) is 5.73 Å². The van der Waals surface area contributed by atoms with Crippen molar-refractivity contribution in [3.8, 4) is 0 Å². The number of nitrogens with two attached hydrogens (primary N) is 1. The Morgan fingerprint density at radius 2 is 2.10 bits per heavy atom. The highest BCUT2D eigenvalue weighted by Crippen LogP contribution is 2.30. The molecule has 0 atom stereocenters. The summed E-state index contributed by atoms with van der Waals surface area (Å²) < 4.78 is 0. The SMILES string of the molecule is CCCCC(=O)c1cc2cccc([N+](=O)[O-])c2cc1N. The topological polar surface area (TPSA) is 86.2 Å². The van der Waals surface area contributed by atoms with Crippen molar-refractivity contribution in [1.82, 2.24) is 0 Å². The summed E-state index contributed by atoms with van der Waals surface area (Å²) in [7, 11) is 0. The van der Waals surface area contributed by atoms with E-state index >= 15 is 0 Å². The third-order valence-electron chi connectivity index (χ3n) is 3.28. The lowest BCUT2D eigenvalue weighted by molar-refractivity contribution is -0.383. The van der Waals surface area contributed by atoms with Crippen molar-refractivity contribution < 1.29 is 9.72 Å². The molecule has 2 rings (SSSR count). The number of nitrogen functional groups attached to an aromatic ring is 1. The fourth-order valence-corrected chi connectivity index (χ4v) is 2.20. The van der Waals surface area contributed by atoms with E-state index in [1.165, 1.54) is 12.1 Å². The van der Waals surface area contributed by atoms with E-state index in [1.807, 2.05) is 6.92 Å². The predicted octanol–water partition coefficient (Wildman–Crippen LogP) is 3.70. The first kappa shape index (κ1) is 14.0. The van der Waals surface area contributed by atoms with Crippen LogP contribution >= 0.6 is 0 Å². The zero-order chi connectivity index (χ0) is 14.7. The molecule has 2 aromatic rings. The second-order valence-corrected chi connectivity index (χ2v) is 4.72. The van der Waals surface area contributed by atoms with Crippen LogP contribution in [0, 0.1) is 10.1 Å². The predicted molar refractivity (Wildman–Crippen MR) is 78.9 cm³/mol. The van der Waals surface area contributed by atoms with E-state index in [9.17, 15) is 14.9 Å². The van der Waals surface area contributed by atoms with Gasteiger partial charge in [0.1, 0.15) is 0 Å². The van der Waals surface area contributed by atoms with Crippen LogP contribution in [0.1, 0.15) is 36.5 Å². The van der Waals surface area contributed by atoms with E-state index < -0.39 is 4.92 Å². The van der Waals surface area contributed by atoms with Gasteiger partial charge in [-0.1, -0.05) is 25.5 Å². The van der Waals surface area contributed by atoms with Gasteiger partial charge in [-0.25, -0.2) is 0 Å². The lowest BCUT2D eigenvalue weighted by Gasteiger charge is -2.07. The zero-order valence-corrected chi connectivity index (χ0v) is 11.3. The van der Waals surface area contributed by atoms with Gasteiger partial charge in [0, 0.05) is 23.7 Å². The molecule has 0 aromatic heterocycles. The number of anilines is 1. The molecule has 5 nitrogen and oxygen atoms in total. The van der Waals surface area contributed by atoms with Crippen molar-refractivity contribution in [2.24, 2.45) is 0 Å². The first-order valence-corrected chi connectivity index (χ1v) is 6.54. The molecule has 0 saturated heterocycles. The first-order valence-electron chi connectivity index (χ1n) is 6.54. The van der Waals surface area contributed by atoms with Gasteiger partial charge in [-0.3, -0.25) is 14.9 Å². The molecule has 0 radical (unpaired) electrons. The summed E-state index contributed by atoms with van der Waals surface area (Å²) in [5, 5.41) is 12.1. The number of nitro benzene ring substituents is 1. The van der Waals surface area contributed by atoms with Gasteiger partial charge in [-0.2, -0.15) is 0 Å². The van der Waals surface area contributed by atoms with Crippen molar-refractivity contribution in [3.63, 3.8) is 0 Å². The maximum absolute atomic E-state index is 12.1. The van der Waals surface area contributed by atoms with Crippen LogP contribution in [0.3, 0.4) is 0 Å². The van der Waals surface area contributed by atoms with Crippen LogP contribution in [-0.4, -0.2) is 10.7 Å². The summed E-state index contributed by atoms with van der Waals surface area (Å²) in [4.78, 5) is 22.6. The second-order valence-electron chi connectivity index (χ2n) is 4.72. The fraction of sp³-hybridized carbons (Fsp3) is 0.267. The Labute approximate surface area is 116 Å². The average Bonchev–Trinajstić information content (AvgIpc) is 2.43. The molecule has 104 valence electrons. The number of non-ortho nitro benzene ring substituents is 1. The van der Waals surface area contributed by atoms with E-state index in [0.29, 0.717) is 28.4 Å². The molecule has 0 amide bonds. The number of rotatable bonds is 5. The number of hydrogen-bond donors (Lipinski definition) is 1. The number of Topliss-reactive ketones (excluding diaryl/α,β-unsaturated/α-hetero) is 1. The zero-order valence-electron chi connectivity index (χ0n) is 11.3. The van der Waals surface area contributed by atoms with Gasteiger partial charge in [0.25, 0.3) is 5.69 Å². The molecule has 0 heterocycles. The Morgan fingerprint density at radius 1 is 1.35 bits per heavy atom. The van der Waals surface area contributed by atoms with Gasteiger partial charge in [-0.15, -0.1) is 0 Å². The van der Waals surface area contributed by atoms with Gasteiger partial charge in [0.05, 0.1) is 10.3 Å². The molecule has 2 aromatic carbocycles. The minimum Gasteiger partial charge on any atom is -0.398 e. The van der Waals surface area contributed by atoms with Crippen LogP contribution in [-0.2, 0) is 0 Å². The van der Waals surface area contributed by atoms with E-state index in [-0.39, 0.29) is 11.5 Å². The smallest absolute Gasteiger partial charge is 0.277 e. The summed E-state index contributed by atoms with van der Waals surface area (Å²) >= 11 is 0. The molecule has 0 aliphatic heterocycles. The summed E-state index contributed by atoms with van der Waals surface area (Å²) in [5.41, 5.74) is 6.64. The largest absolute Gasteiger partial charge is 0.398 e. The fourth-order valence-electron chi connectivity index (χ4n) is 2.20. The van der Waals surface area contributed by atoms with Crippen LogP contribution in [0.2, 0.25) is 0 Å². The minimum atomic E-state index is -0.444. The molecule has 2 N–H and O–H groups in total. The lowest BCUT2D eigenvalue weighted by Crippen LogP contribution is -2.04. The van der Waals surface area contributed by atoms with Crippen molar-refractivity contribution in [1.29, 1.82) is 0 Å². The molecule has 5 heteroatoms. The molecular weight excluding hydrogens is 256 g/mol. The molecule has 0 aliphatic rings. The average molecular weight is 272 g/mol. The van der Waals surface area contributed by atoms with Crippen LogP contribution in [0.15, 0.2) is 30.3 Å². The Morgan fingerprint density at radius 3 is 2.75 bits per heavy atom. The van der Waals surface area contributed by atoms with Crippen LogP contribution < -0.4 is 5.73 Å². The molecule has 0 fully saturated rings. The second kappa shape index (κ2) is 5.69. The van der Waals surface area contributed by atoms with Gasteiger partial charge in [0.2, 0.25) is 0 Å². The van der Waals surface area contributed by atoms with Gasteiger partial charge >= 0.3 is 0 Å². The highest BCUT2D eigenvalue weighted by Gasteiger charge is 2.16. The van der Waals surface area contributed by atoms with Crippen LogP contribution in [0.4, 0.5) is 11.4 Å². The number of fused-ring (bicyclic) bond motifs is 1. The van der Waals surface area contributed by atoms with Crippen molar-refractivity contribution >= 4 is 27.9 Å². The standard InChI is InChI=1S/C15H16N2O3/c1-2-3-7-15(18)12-8-10-5-4-6-14(17(19)20)11(10)9-13(12)16/h4-6,8-9H,2-3,7,16H2,1H3. The maximum Gasteiger partial charge on any atom is 0.277 e. The van der Waals surface area contributed by atoms with Crippen molar-refractivity contribution in [2.45, 2.75) is 26.2 Å². The van der Waals surface area contributed by atoms with E-state index in [2.05, 4.69) is 0 Å². The third-order valence-corrected chi connectivity index (χ3v) is 3.28.